The predicted molar refractivity (Wildman–Crippen MR) is 42.0 cm³/mol. The van der Waals surface area contributed by atoms with E-state index in [4.69, 9.17) is 0 Å². The van der Waals surface area contributed by atoms with Crippen molar-refractivity contribution in [1.29, 1.82) is 0 Å². The Bertz CT molecular complexity index is 92.9. The first-order chi connectivity index (χ1) is 4.24. The first-order valence-electron chi connectivity index (χ1n) is 3.79. The van der Waals surface area contributed by atoms with Crippen LogP contribution in [-0.2, 0) is 0 Å². The zero-order valence-corrected chi connectivity index (χ0v) is 6.52. The fourth-order valence-electron chi connectivity index (χ4n) is 1.09. The lowest BCUT2D eigenvalue weighted by Crippen LogP contribution is -2.01. The van der Waals surface area contributed by atoms with Crippen molar-refractivity contribution in [3.63, 3.8) is 0 Å². The molecule has 0 aromatic rings. The Morgan fingerprint density at radius 2 is 2.22 bits per heavy atom. The molecule has 1 aliphatic rings. The van der Waals surface area contributed by atoms with E-state index in [0.717, 1.165) is 17.9 Å². The molecule has 0 amide bonds. The van der Waals surface area contributed by atoms with Crippen molar-refractivity contribution in [2.24, 2.45) is 0 Å². The lowest BCUT2D eigenvalue weighted by atomic mass is 9.66. The number of hydrogen-bond donors (Lipinski definition) is 1. The van der Waals surface area contributed by atoms with Crippen LogP contribution in [0.4, 0.5) is 0 Å². The molecule has 0 spiro atoms. The number of hydrogen-bond acceptors (Lipinski definition) is 1. The highest BCUT2D eigenvalue weighted by Gasteiger charge is 2.31. The van der Waals surface area contributed by atoms with E-state index in [0.29, 0.717) is 0 Å². The Hall–Kier alpha value is 0.0249. The van der Waals surface area contributed by atoms with E-state index in [2.05, 4.69) is 33.3 Å². The molecule has 0 aliphatic carbocycles. The van der Waals surface area contributed by atoms with E-state index in [1.165, 1.54) is 6.42 Å². The largest absolute Gasteiger partial charge is 0.308 e. The minimum Gasteiger partial charge on any atom is -0.308 e. The maximum Gasteiger partial charge on any atom is 0.109 e. The van der Waals surface area contributed by atoms with Crippen LogP contribution >= 0.6 is 0 Å². The molecule has 0 saturated carbocycles. The summed E-state index contributed by atoms with van der Waals surface area (Å²) >= 11 is 0. The number of nitrogens with one attached hydrogen (secondary N) is 1. The van der Waals surface area contributed by atoms with E-state index < -0.39 is 0 Å². The highest BCUT2D eigenvalue weighted by Crippen LogP contribution is 2.21. The third-order valence-electron chi connectivity index (χ3n) is 2.17. The summed E-state index contributed by atoms with van der Waals surface area (Å²) in [5.74, 6) is 0.785. The summed E-state index contributed by atoms with van der Waals surface area (Å²) in [5, 5.41) is 3.38. The van der Waals surface area contributed by atoms with Crippen LogP contribution < -0.4 is 5.32 Å². The van der Waals surface area contributed by atoms with Gasteiger partial charge in [-0.15, -0.1) is 0 Å². The second-order valence-electron chi connectivity index (χ2n) is 3.11. The Labute approximate surface area is 58.5 Å². The maximum absolute atomic E-state index is 3.38. The van der Waals surface area contributed by atoms with Gasteiger partial charge in [0, 0.05) is 12.1 Å². The summed E-state index contributed by atoms with van der Waals surface area (Å²) in [6.45, 7) is 6.65. The molecule has 3 atom stereocenters. The quantitative estimate of drug-likeness (QED) is 0.444. The van der Waals surface area contributed by atoms with Crippen molar-refractivity contribution in [1.82, 2.24) is 5.32 Å². The molecule has 1 rings (SSSR count). The van der Waals surface area contributed by atoms with Gasteiger partial charge in [0.25, 0.3) is 0 Å². The monoisotopic (exact) mass is 124 g/mol. The molecule has 1 aliphatic heterocycles. The lowest BCUT2D eigenvalue weighted by molar-refractivity contribution is 0.756. The second-order valence-corrected chi connectivity index (χ2v) is 3.11. The van der Waals surface area contributed by atoms with Crippen LogP contribution in [0.25, 0.3) is 0 Å². The third kappa shape index (κ3) is 2.01. The lowest BCUT2D eigenvalue weighted by Gasteiger charge is -2.03. The zero-order valence-electron chi connectivity index (χ0n) is 6.52. The van der Waals surface area contributed by atoms with Gasteiger partial charge >= 0.3 is 0 Å². The zero-order chi connectivity index (χ0) is 6.85. The van der Waals surface area contributed by atoms with E-state index in [9.17, 15) is 0 Å². The van der Waals surface area contributed by atoms with Gasteiger partial charge in [-0.1, -0.05) is 19.6 Å². The van der Waals surface area contributed by atoms with Gasteiger partial charge in [0.15, 0.2) is 0 Å². The normalized spacial score (nSPS) is 35.9. The molecule has 2 unspecified atom stereocenters. The van der Waals surface area contributed by atoms with E-state index >= 15 is 0 Å². The van der Waals surface area contributed by atoms with Crippen molar-refractivity contribution < 1.29 is 0 Å². The Morgan fingerprint density at radius 3 is 2.56 bits per heavy atom. The maximum atomic E-state index is 3.38. The molecular weight excluding hydrogens is 109 g/mol. The smallest absolute Gasteiger partial charge is 0.109 e. The first-order valence-corrected chi connectivity index (χ1v) is 3.79. The summed E-state index contributed by atoms with van der Waals surface area (Å²) in [6.07, 6.45) is 1.32. The van der Waals surface area contributed by atoms with E-state index in [-0.39, 0.29) is 0 Å². The number of rotatable bonds is 3. The van der Waals surface area contributed by atoms with E-state index in [1.807, 2.05) is 0 Å². The molecule has 1 N–H and O–H groups in total. The summed E-state index contributed by atoms with van der Waals surface area (Å²) in [7, 11) is 2.27. The predicted octanol–water partition coefficient (Wildman–Crippen LogP) is 1.30. The molecule has 51 valence electrons. The van der Waals surface area contributed by atoms with Crippen LogP contribution in [0, 0.1) is 0 Å². The molecule has 1 saturated heterocycles. The molecular formula is C7H15BN. The van der Waals surface area contributed by atoms with Gasteiger partial charge < -0.3 is 5.32 Å². The van der Waals surface area contributed by atoms with Gasteiger partial charge in [-0.3, -0.25) is 0 Å². The van der Waals surface area contributed by atoms with Crippen LogP contribution in [0.2, 0.25) is 12.6 Å². The standard InChI is InChI=1S/C7H15BN/c1-5(8-3)4-7-6(2)9-7/h5-7,9H,4H2,1-3H3/t5?,6?,7-/m0/s1. The first kappa shape index (κ1) is 7.14. The van der Waals surface area contributed by atoms with Gasteiger partial charge in [-0.25, -0.2) is 0 Å². The Balaban J connectivity index is 2.05. The van der Waals surface area contributed by atoms with Crippen LogP contribution in [0.3, 0.4) is 0 Å². The fraction of sp³-hybridized carbons (Fsp3) is 1.00. The van der Waals surface area contributed by atoms with Crippen molar-refractivity contribution in [2.75, 3.05) is 0 Å². The fourth-order valence-corrected chi connectivity index (χ4v) is 1.09. The topological polar surface area (TPSA) is 21.9 Å². The SMILES string of the molecule is C[B]C(C)C[C@@H]1NC1C. The van der Waals surface area contributed by atoms with Crippen LogP contribution in [0.15, 0.2) is 0 Å². The summed E-state index contributed by atoms with van der Waals surface area (Å²) in [6, 6.07) is 1.60. The molecule has 1 fully saturated rings. The third-order valence-corrected chi connectivity index (χ3v) is 2.17. The van der Waals surface area contributed by atoms with E-state index in [1.54, 1.807) is 0 Å². The van der Waals surface area contributed by atoms with Crippen LogP contribution in [0.1, 0.15) is 20.3 Å². The molecule has 0 aromatic carbocycles. The van der Waals surface area contributed by atoms with Crippen LogP contribution in [0.5, 0.6) is 0 Å². The Morgan fingerprint density at radius 1 is 1.67 bits per heavy atom. The second kappa shape index (κ2) is 2.74. The minimum absolute atomic E-state index is 0.785. The van der Waals surface area contributed by atoms with Gasteiger partial charge in [0.2, 0.25) is 0 Å². The molecule has 9 heavy (non-hydrogen) atoms. The van der Waals surface area contributed by atoms with Crippen molar-refractivity contribution in [3.8, 4) is 0 Å². The molecule has 1 nitrogen and oxygen atoms in total. The van der Waals surface area contributed by atoms with Crippen molar-refractivity contribution in [3.05, 3.63) is 0 Å². The van der Waals surface area contributed by atoms with Crippen LogP contribution in [-0.4, -0.2) is 19.4 Å². The molecule has 1 radical (unpaired) electrons. The highest BCUT2D eigenvalue weighted by atomic mass is 15.1. The average Bonchev–Trinajstić information content (AvgIpc) is 2.47. The Kier molecular flexibility index (Phi) is 2.17. The highest BCUT2D eigenvalue weighted by molar-refractivity contribution is 6.35. The van der Waals surface area contributed by atoms with Gasteiger partial charge in [0.05, 0.1) is 0 Å². The van der Waals surface area contributed by atoms with Crippen molar-refractivity contribution in [2.45, 2.75) is 45.0 Å². The molecule has 1 heterocycles. The van der Waals surface area contributed by atoms with Gasteiger partial charge in [-0.2, -0.15) is 0 Å². The average molecular weight is 124 g/mol. The van der Waals surface area contributed by atoms with Crippen molar-refractivity contribution >= 4 is 7.28 Å². The molecule has 0 aromatic heterocycles. The molecule has 0 bridgehead atoms. The summed E-state index contributed by atoms with van der Waals surface area (Å²) < 4.78 is 0. The summed E-state index contributed by atoms with van der Waals surface area (Å²) in [4.78, 5) is 0. The van der Waals surface area contributed by atoms with Gasteiger partial charge in [0.1, 0.15) is 7.28 Å². The summed E-state index contributed by atoms with van der Waals surface area (Å²) in [5.41, 5.74) is 0. The van der Waals surface area contributed by atoms with Gasteiger partial charge in [-0.05, 0) is 13.3 Å². The molecule has 2 heteroatoms. The minimum atomic E-state index is 0.785.